The number of carbonyl (C=O) groups is 1. The molecule has 160 valence electrons. The quantitative estimate of drug-likeness (QED) is 0.224. The monoisotopic (exact) mass is 437 g/mol. The average Bonchev–Trinajstić information content (AvgIpc) is 2.63. The molecule has 0 aliphatic carbocycles. The predicted molar refractivity (Wildman–Crippen MR) is 118 cm³/mol. The van der Waals surface area contributed by atoms with Crippen LogP contribution in [0.3, 0.4) is 0 Å². The van der Waals surface area contributed by atoms with Gasteiger partial charge in [0.15, 0.2) is 0 Å². The molecule has 0 radical (unpaired) electrons. The van der Waals surface area contributed by atoms with E-state index in [1.165, 1.54) is 0 Å². The number of aromatic nitrogens is 1. The van der Waals surface area contributed by atoms with Gasteiger partial charge in [-0.2, -0.15) is 0 Å². The van der Waals surface area contributed by atoms with Crippen LogP contribution in [0.1, 0.15) is 47.5 Å². The molecule has 0 amide bonds. The third-order valence-corrected chi connectivity index (χ3v) is 3.52. The molecule has 2 N–H and O–H groups in total. The second-order valence-corrected chi connectivity index (χ2v) is 7.56. The number of anilines is 1. The molecule has 2 aromatic rings. The SMILES string of the molecule is CCOC[C-]=Nc1[c-]c2ccccc2nc1N.[CH2-]C(C)(C)OC(=O)CCC(C)C.[K+]. The Kier molecular flexibility index (Phi) is 14.6. The smallest absolute Gasteiger partial charge is 0.493 e. The Hall–Kier alpha value is -0.834. The molecular weight excluding hydrogens is 405 g/mol. The second-order valence-electron chi connectivity index (χ2n) is 7.56. The standard InChI is InChI=1S/C13H13N3O.C10H19O2.K/c1-2-17-8-7-15-12-9-10-5-3-4-6-11(10)16-13(12)14;1-8(2)6-7-9(11)12-10(3,4)5;/h3-6H,2,8H2,1H3,(H2,14,16);8H,3,6-7H2,1-2,4-5H3;/q-2;-1;+1. The van der Waals surface area contributed by atoms with Gasteiger partial charge in [0.05, 0.1) is 0 Å². The Morgan fingerprint density at radius 1 is 1.37 bits per heavy atom. The van der Waals surface area contributed by atoms with Gasteiger partial charge in [-0.15, -0.1) is 29.4 Å². The summed E-state index contributed by atoms with van der Waals surface area (Å²) in [6, 6.07) is 10.7. The zero-order chi connectivity index (χ0) is 21.9. The Morgan fingerprint density at radius 2 is 2.03 bits per heavy atom. The Labute approximate surface area is 223 Å². The minimum atomic E-state index is -0.589. The number of ether oxygens (including phenoxy) is 2. The van der Waals surface area contributed by atoms with Crippen LogP contribution in [0.15, 0.2) is 29.3 Å². The Balaban J connectivity index is 0.000000579. The van der Waals surface area contributed by atoms with Crippen LogP contribution in [0.4, 0.5) is 11.5 Å². The van der Waals surface area contributed by atoms with E-state index in [1.807, 2.05) is 31.2 Å². The molecule has 0 aliphatic heterocycles. The molecule has 6 nitrogen and oxygen atoms in total. The Bertz CT molecular complexity index is 802. The van der Waals surface area contributed by atoms with Gasteiger partial charge in [-0.3, -0.25) is 4.79 Å². The molecule has 0 aliphatic rings. The maximum atomic E-state index is 11.1. The second kappa shape index (κ2) is 15.0. The minimum Gasteiger partial charge on any atom is -0.493 e. The van der Waals surface area contributed by atoms with Gasteiger partial charge < -0.3 is 32.1 Å². The first-order valence-corrected chi connectivity index (χ1v) is 9.78. The first-order chi connectivity index (χ1) is 13.6. The minimum absolute atomic E-state index is 0. The molecule has 0 spiro atoms. The van der Waals surface area contributed by atoms with E-state index in [2.05, 4.69) is 43.0 Å². The van der Waals surface area contributed by atoms with Gasteiger partial charge in [-0.1, -0.05) is 39.8 Å². The fourth-order valence-corrected chi connectivity index (χ4v) is 2.16. The van der Waals surface area contributed by atoms with Gasteiger partial charge in [0, 0.05) is 19.6 Å². The number of carbonyl (C=O) groups excluding carboxylic acids is 1. The van der Waals surface area contributed by atoms with E-state index in [-0.39, 0.29) is 57.4 Å². The van der Waals surface area contributed by atoms with Gasteiger partial charge in [-0.25, -0.2) is 6.07 Å². The van der Waals surface area contributed by atoms with Gasteiger partial charge in [0.2, 0.25) is 0 Å². The fourth-order valence-electron chi connectivity index (χ4n) is 2.16. The molecule has 0 fully saturated rings. The molecule has 0 bridgehead atoms. The average molecular weight is 438 g/mol. The zero-order valence-corrected chi connectivity index (χ0v) is 22.2. The molecule has 7 heteroatoms. The van der Waals surface area contributed by atoms with Crippen LogP contribution in [-0.2, 0) is 14.3 Å². The van der Waals surface area contributed by atoms with Crippen LogP contribution in [0, 0.1) is 18.9 Å². The molecule has 0 unspecified atom stereocenters. The van der Waals surface area contributed by atoms with E-state index in [0.29, 0.717) is 37.1 Å². The van der Waals surface area contributed by atoms with Gasteiger partial charge in [0.1, 0.15) is 0 Å². The normalized spacial score (nSPS) is 11.2. The van der Waals surface area contributed by atoms with Gasteiger partial charge in [-0.05, 0) is 36.2 Å². The van der Waals surface area contributed by atoms with Crippen molar-refractivity contribution in [3.63, 3.8) is 0 Å². The summed E-state index contributed by atoms with van der Waals surface area (Å²) >= 11 is 0. The number of para-hydroxylation sites is 1. The maximum absolute atomic E-state index is 11.1. The molecule has 1 aromatic heterocycles. The van der Waals surface area contributed by atoms with E-state index < -0.39 is 5.60 Å². The van der Waals surface area contributed by atoms with Crippen molar-refractivity contribution in [3.05, 3.63) is 37.3 Å². The zero-order valence-electron chi connectivity index (χ0n) is 19.1. The summed E-state index contributed by atoms with van der Waals surface area (Å²) in [5.41, 5.74) is 6.51. The summed E-state index contributed by atoms with van der Waals surface area (Å²) in [4.78, 5) is 19.4. The molecule has 0 atom stereocenters. The number of hydrogen-bond acceptors (Lipinski definition) is 6. The number of pyridine rings is 1. The first-order valence-electron chi connectivity index (χ1n) is 9.78. The van der Waals surface area contributed by atoms with Crippen LogP contribution < -0.4 is 57.1 Å². The van der Waals surface area contributed by atoms with E-state index in [1.54, 1.807) is 13.8 Å². The van der Waals surface area contributed by atoms with Crippen molar-refractivity contribution in [1.82, 2.24) is 4.98 Å². The van der Waals surface area contributed by atoms with Crippen molar-refractivity contribution in [2.75, 3.05) is 18.9 Å². The number of fused-ring (bicyclic) bond motifs is 1. The fraction of sp³-hybridized carbons (Fsp3) is 0.478. The number of rotatable bonds is 8. The third-order valence-electron chi connectivity index (χ3n) is 3.52. The molecule has 30 heavy (non-hydrogen) atoms. The maximum Gasteiger partial charge on any atom is 1.00 e. The molecule has 1 heterocycles. The molecule has 0 saturated heterocycles. The number of esters is 1. The van der Waals surface area contributed by atoms with E-state index >= 15 is 0 Å². The summed E-state index contributed by atoms with van der Waals surface area (Å²) in [7, 11) is 0. The molecule has 0 saturated carbocycles. The van der Waals surface area contributed by atoms with Crippen LogP contribution in [0.5, 0.6) is 0 Å². The summed E-state index contributed by atoms with van der Waals surface area (Å²) in [6.45, 7) is 14.3. The van der Waals surface area contributed by atoms with Crippen LogP contribution in [0.2, 0.25) is 0 Å². The van der Waals surface area contributed by atoms with Crippen LogP contribution in [0.25, 0.3) is 10.9 Å². The third kappa shape index (κ3) is 12.8. The van der Waals surface area contributed by atoms with Gasteiger partial charge >= 0.3 is 57.4 Å². The summed E-state index contributed by atoms with van der Waals surface area (Å²) in [5.74, 6) is 0.752. The van der Waals surface area contributed by atoms with Gasteiger partial charge in [0.25, 0.3) is 0 Å². The van der Waals surface area contributed by atoms with E-state index in [4.69, 9.17) is 15.2 Å². The molecular formula is C23H32KN3O3-2. The van der Waals surface area contributed by atoms with E-state index in [0.717, 1.165) is 17.3 Å². The number of aliphatic imine (C=N–C) groups is 1. The predicted octanol–water partition coefficient (Wildman–Crippen LogP) is 1.82. The molecule has 2 rings (SSSR count). The van der Waals surface area contributed by atoms with Crippen molar-refractivity contribution < 1.29 is 65.7 Å². The molecule has 1 aromatic carbocycles. The van der Waals surface area contributed by atoms with Crippen molar-refractivity contribution in [1.29, 1.82) is 0 Å². The van der Waals surface area contributed by atoms with Crippen LogP contribution in [-0.4, -0.2) is 36.0 Å². The number of nitrogens with zero attached hydrogens (tertiary/aromatic N) is 2. The number of benzene rings is 1. The van der Waals surface area contributed by atoms with Crippen molar-refractivity contribution in [2.45, 2.75) is 53.1 Å². The van der Waals surface area contributed by atoms with Crippen molar-refractivity contribution >= 4 is 34.6 Å². The summed E-state index contributed by atoms with van der Waals surface area (Å²) in [6.07, 6.45) is 4.14. The summed E-state index contributed by atoms with van der Waals surface area (Å²) in [5, 5.41) is 0.888. The largest absolute Gasteiger partial charge is 1.00 e. The van der Waals surface area contributed by atoms with Crippen molar-refractivity contribution in [3.8, 4) is 0 Å². The van der Waals surface area contributed by atoms with Crippen LogP contribution >= 0.6 is 0 Å². The van der Waals surface area contributed by atoms with E-state index in [9.17, 15) is 4.79 Å². The number of nitrogen functional groups attached to an aromatic ring is 1. The first kappa shape index (κ1) is 29.2. The summed E-state index contributed by atoms with van der Waals surface area (Å²) < 4.78 is 10.1. The van der Waals surface area contributed by atoms with Crippen molar-refractivity contribution in [2.24, 2.45) is 10.9 Å². The number of hydrogen-bond donors (Lipinski definition) is 1. The number of nitrogens with two attached hydrogens (primary N) is 1. The Morgan fingerprint density at radius 3 is 2.63 bits per heavy atom. The topological polar surface area (TPSA) is 86.8 Å².